The maximum absolute atomic E-state index is 12.9. The molecular formula is C23H22N2O6S. The van der Waals surface area contributed by atoms with Crippen LogP contribution in [-0.2, 0) is 16.0 Å². The Balaban J connectivity index is 2.42. The van der Waals surface area contributed by atoms with Gasteiger partial charge < -0.3 is 18.9 Å². The number of esters is 1. The highest BCUT2D eigenvalue weighted by atomic mass is 32.1. The first-order valence-corrected chi connectivity index (χ1v) is 10.3. The van der Waals surface area contributed by atoms with Crippen molar-refractivity contribution in [2.45, 2.75) is 20.3 Å². The van der Waals surface area contributed by atoms with Gasteiger partial charge in [-0.05, 0) is 43.2 Å². The zero-order valence-electron chi connectivity index (χ0n) is 18.4. The molecule has 0 bridgehead atoms. The lowest BCUT2D eigenvalue weighted by Gasteiger charge is -2.13. The maximum atomic E-state index is 12.9. The van der Waals surface area contributed by atoms with Crippen molar-refractivity contribution in [3.05, 3.63) is 44.2 Å². The minimum absolute atomic E-state index is 0.119. The number of nitrogens with zero attached hydrogens (tertiary/aromatic N) is 2. The number of ketones is 1. The summed E-state index contributed by atoms with van der Waals surface area (Å²) < 4.78 is 20.9. The van der Waals surface area contributed by atoms with E-state index in [9.17, 15) is 20.1 Å². The second kappa shape index (κ2) is 11.0. The van der Waals surface area contributed by atoms with E-state index in [4.69, 9.17) is 18.9 Å². The lowest BCUT2D eigenvalue weighted by atomic mass is 10.0. The fraction of sp³-hybridized carbons (Fsp3) is 0.304. The predicted octanol–water partition coefficient (Wildman–Crippen LogP) is 3.85. The van der Waals surface area contributed by atoms with Gasteiger partial charge >= 0.3 is 5.97 Å². The van der Waals surface area contributed by atoms with Gasteiger partial charge in [-0.1, -0.05) is 0 Å². The summed E-state index contributed by atoms with van der Waals surface area (Å²) in [5, 5.41) is 19.1. The number of nitriles is 2. The minimum Gasteiger partial charge on any atom is -0.493 e. The second-order valence-electron chi connectivity index (χ2n) is 6.42. The first-order valence-electron chi connectivity index (χ1n) is 9.49. The van der Waals surface area contributed by atoms with Crippen molar-refractivity contribution >= 4 is 29.2 Å². The Morgan fingerprint density at radius 1 is 1.09 bits per heavy atom. The van der Waals surface area contributed by atoms with Crippen LogP contribution in [0, 0.1) is 29.6 Å². The van der Waals surface area contributed by atoms with Crippen molar-refractivity contribution in [3.63, 3.8) is 0 Å². The molecule has 0 atom stereocenters. The highest BCUT2D eigenvalue weighted by Gasteiger charge is 2.23. The van der Waals surface area contributed by atoms with Crippen molar-refractivity contribution in [1.29, 1.82) is 10.5 Å². The summed E-state index contributed by atoms with van der Waals surface area (Å²) in [7, 11) is 4.40. The number of allylic oxidation sites excluding steroid dienone is 1. The van der Waals surface area contributed by atoms with Crippen LogP contribution in [0.1, 0.15) is 38.2 Å². The molecule has 0 aliphatic carbocycles. The van der Waals surface area contributed by atoms with Crippen molar-refractivity contribution in [2.24, 2.45) is 0 Å². The number of hydrogen-bond donors (Lipinski definition) is 0. The molecule has 9 heteroatoms. The van der Waals surface area contributed by atoms with Crippen molar-refractivity contribution in [1.82, 2.24) is 0 Å². The lowest BCUT2D eigenvalue weighted by molar-refractivity contribution is -0.114. The number of Topliss-reactive ketones (excluding diaryl/α,β-unsaturated/α-hetero) is 1. The molecule has 8 nitrogen and oxygen atoms in total. The van der Waals surface area contributed by atoms with E-state index in [0.29, 0.717) is 33.3 Å². The van der Waals surface area contributed by atoms with Crippen LogP contribution in [0.3, 0.4) is 0 Å². The number of hydrogen-bond acceptors (Lipinski definition) is 9. The van der Waals surface area contributed by atoms with Crippen molar-refractivity contribution in [3.8, 4) is 29.4 Å². The summed E-state index contributed by atoms with van der Waals surface area (Å²) in [6.07, 6.45) is 1.21. The van der Waals surface area contributed by atoms with Gasteiger partial charge in [-0.3, -0.25) is 4.79 Å². The molecule has 0 fully saturated rings. The van der Waals surface area contributed by atoms with E-state index in [0.717, 1.165) is 11.3 Å². The SMILES string of the molecule is CCOC(=O)c1sc(CC(=O)/C(C#N)=C/c2cc(OC)c(OC)c(OC)c2)c(C#N)c1C. The molecule has 1 aromatic heterocycles. The molecule has 2 rings (SSSR count). The number of rotatable bonds is 9. The third kappa shape index (κ3) is 5.08. The number of ether oxygens (including phenoxy) is 4. The van der Waals surface area contributed by atoms with Gasteiger partial charge in [0.15, 0.2) is 17.3 Å². The summed E-state index contributed by atoms with van der Waals surface area (Å²) in [6, 6.07) is 7.17. The van der Waals surface area contributed by atoms with Gasteiger partial charge in [0.1, 0.15) is 17.0 Å². The molecule has 166 valence electrons. The number of carbonyl (C=O) groups excluding carboxylic acids is 2. The lowest BCUT2D eigenvalue weighted by Crippen LogP contribution is -2.05. The molecule has 32 heavy (non-hydrogen) atoms. The first-order chi connectivity index (χ1) is 15.3. The zero-order valence-corrected chi connectivity index (χ0v) is 19.2. The van der Waals surface area contributed by atoms with Crippen molar-refractivity contribution in [2.75, 3.05) is 27.9 Å². The largest absolute Gasteiger partial charge is 0.493 e. The average molecular weight is 455 g/mol. The van der Waals surface area contributed by atoms with E-state index >= 15 is 0 Å². The zero-order chi connectivity index (χ0) is 23.8. The number of benzene rings is 1. The van der Waals surface area contributed by atoms with Crippen LogP contribution in [0.2, 0.25) is 0 Å². The van der Waals surface area contributed by atoms with E-state index < -0.39 is 11.8 Å². The Labute approximate surface area is 190 Å². The molecule has 1 aromatic carbocycles. The number of thiophene rings is 1. The molecule has 0 unspecified atom stereocenters. The highest BCUT2D eigenvalue weighted by Crippen LogP contribution is 2.39. The van der Waals surface area contributed by atoms with Gasteiger partial charge in [0.05, 0.1) is 39.1 Å². The van der Waals surface area contributed by atoms with E-state index in [2.05, 4.69) is 0 Å². The molecule has 0 aliphatic rings. The van der Waals surface area contributed by atoms with Crippen LogP contribution in [0.15, 0.2) is 17.7 Å². The summed E-state index contributed by atoms with van der Waals surface area (Å²) in [6.45, 7) is 3.51. The fourth-order valence-corrected chi connectivity index (χ4v) is 4.15. The normalized spacial score (nSPS) is 10.7. The first kappa shape index (κ1) is 24.4. The topological polar surface area (TPSA) is 119 Å². The van der Waals surface area contributed by atoms with E-state index in [1.807, 2.05) is 12.1 Å². The van der Waals surface area contributed by atoms with Gasteiger partial charge in [-0.25, -0.2) is 4.79 Å². The Kier molecular flexibility index (Phi) is 8.39. The van der Waals surface area contributed by atoms with Crippen LogP contribution in [0.4, 0.5) is 0 Å². The highest BCUT2D eigenvalue weighted by molar-refractivity contribution is 7.14. The van der Waals surface area contributed by atoms with Gasteiger partial charge in [0, 0.05) is 11.3 Å². The Morgan fingerprint density at radius 2 is 1.72 bits per heavy atom. The monoisotopic (exact) mass is 454 g/mol. The Hall–Kier alpha value is -3.82. The summed E-state index contributed by atoms with van der Waals surface area (Å²) in [5.74, 6) is 0.106. The summed E-state index contributed by atoms with van der Waals surface area (Å²) >= 11 is 1.03. The predicted molar refractivity (Wildman–Crippen MR) is 118 cm³/mol. The van der Waals surface area contributed by atoms with Gasteiger partial charge in [-0.2, -0.15) is 10.5 Å². The number of methoxy groups -OCH3 is 3. The van der Waals surface area contributed by atoms with Gasteiger partial charge in [-0.15, -0.1) is 11.3 Å². The molecule has 0 amide bonds. The average Bonchev–Trinajstić information content (AvgIpc) is 3.11. The van der Waals surface area contributed by atoms with E-state index in [1.165, 1.54) is 27.4 Å². The molecule has 0 spiro atoms. The van der Waals surface area contributed by atoms with Crippen LogP contribution in [0.5, 0.6) is 17.2 Å². The third-order valence-corrected chi connectivity index (χ3v) is 5.80. The van der Waals surface area contributed by atoms with Crippen LogP contribution < -0.4 is 14.2 Å². The fourth-order valence-electron chi connectivity index (χ4n) is 3.00. The van der Waals surface area contributed by atoms with E-state index in [-0.39, 0.29) is 29.0 Å². The molecule has 1 heterocycles. The Morgan fingerprint density at radius 3 is 2.19 bits per heavy atom. The molecule has 0 aliphatic heterocycles. The molecule has 2 aromatic rings. The number of carbonyl (C=O) groups is 2. The van der Waals surface area contributed by atoms with Crippen LogP contribution in [0.25, 0.3) is 6.08 Å². The maximum Gasteiger partial charge on any atom is 0.348 e. The molecule has 0 saturated heterocycles. The molecule has 0 saturated carbocycles. The smallest absolute Gasteiger partial charge is 0.348 e. The van der Waals surface area contributed by atoms with Crippen LogP contribution >= 0.6 is 11.3 Å². The summed E-state index contributed by atoms with van der Waals surface area (Å²) in [4.78, 5) is 25.7. The molecule has 0 N–H and O–H groups in total. The molecular weight excluding hydrogens is 432 g/mol. The van der Waals surface area contributed by atoms with Gasteiger partial charge in [0.25, 0.3) is 0 Å². The van der Waals surface area contributed by atoms with Gasteiger partial charge in [0.2, 0.25) is 5.75 Å². The quantitative estimate of drug-likeness (QED) is 0.318. The standard InChI is InChI=1S/C23H22N2O6S/c1-6-31-23(27)22-13(2)16(12-25)20(32-22)10-17(26)15(11-24)7-14-8-18(28-3)21(30-5)19(9-14)29-4/h7-9H,6,10H2,1-5H3/b15-7+. The summed E-state index contributed by atoms with van der Waals surface area (Å²) in [5.41, 5.74) is 1.09. The van der Waals surface area contributed by atoms with Crippen LogP contribution in [-0.4, -0.2) is 39.7 Å². The third-order valence-electron chi connectivity index (χ3n) is 4.53. The minimum atomic E-state index is -0.543. The molecule has 0 radical (unpaired) electrons. The second-order valence-corrected chi connectivity index (χ2v) is 7.52. The van der Waals surface area contributed by atoms with Crippen molar-refractivity contribution < 1.29 is 28.5 Å². The van der Waals surface area contributed by atoms with E-state index in [1.54, 1.807) is 26.0 Å². The Bertz CT molecular complexity index is 1130.